The van der Waals surface area contributed by atoms with Gasteiger partial charge in [-0.3, -0.25) is 4.98 Å². The molecule has 2 aromatic rings. The molecule has 0 aliphatic carbocycles. The van der Waals surface area contributed by atoms with E-state index in [9.17, 15) is 0 Å². The quantitative estimate of drug-likeness (QED) is 0.627. The molecular weight excluding hydrogens is 174 g/mol. The molecule has 0 aliphatic rings. The van der Waals surface area contributed by atoms with Gasteiger partial charge in [0.1, 0.15) is 5.52 Å². The highest BCUT2D eigenvalue weighted by Crippen LogP contribution is 2.06. The highest BCUT2D eigenvalue weighted by Gasteiger charge is 1.97. The molecule has 0 aromatic carbocycles. The zero-order valence-corrected chi connectivity index (χ0v) is 6.99. The van der Waals surface area contributed by atoms with Crippen LogP contribution in [0.15, 0.2) is 24.5 Å². The summed E-state index contributed by atoms with van der Waals surface area (Å²) in [5.74, 6) is 0.375. The number of nitrogens with zero attached hydrogens (tertiary/aromatic N) is 3. The van der Waals surface area contributed by atoms with E-state index < -0.39 is 0 Å². The van der Waals surface area contributed by atoms with Crippen LogP contribution in [-0.4, -0.2) is 15.0 Å². The monoisotopic (exact) mass is 179 g/mol. The summed E-state index contributed by atoms with van der Waals surface area (Å²) in [5, 5.41) is 0. The summed E-state index contributed by atoms with van der Waals surface area (Å²) in [6.07, 6.45) is 3.35. The van der Waals surface area contributed by atoms with Crippen LogP contribution < -0.4 is 0 Å². The van der Waals surface area contributed by atoms with Gasteiger partial charge in [0.15, 0.2) is 5.65 Å². The second-order valence-corrected chi connectivity index (χ2v) is 2.61. The molecule has 0 spiro atoms. The molecule has 2 aromatic heterocycles. The van der Waals surface area contributed by atoms with Crippen LogP contribution in [0.2, 0.25) is 0 Å². The van der Waals surface area contributed by atoms with E-state index in [0.717, 1.165) is 11.2 Å². The molecule has 0 atom stereocenters. The summed E-state index contributed by atoms with van der Waals surface area (Å²) >= 11 is 5.60. The fraction of sp³-hybridized carbons (Fsp3) is 0.125. The van der Waals surface area contributed by atoms with Crippen LogP contribution in [-0.2, 0) is 5.88 Å². The fourth-order valence-electron chi connectivity index (χ4n) is 0.949. The van der Waals surface area contributed by atoms with Crippen molar-refractivity contribution < 1.29 is 0 Å². The van der Waals surface area contributed by atoms with Crippen LogP contribution in [0.4, 0.5) is 0 Å². The van der Waals surface area contributed by atoms with Gasteiger partial charge in [-0.1, -0.05) is 0 Å². The first kappa shape index (κ1) is 7.43. The molecule has 3 nitrogen and oxygen atoms in total. The normalized spacial score (nSPS) is 10.4. The first-order valence-electron chi connectivity index (χ1n) is 3.53. The zero-order valence-electron chi connectivity index (χ0n) is 6.24. The third-order valence-electron chi connectivity index (χ3n) is 1.51. The third-order valence-corrected chi connectivity index (χ3v) is 1.78. The van der Waals surface area contributed by atoms with Gasteiger partial charge in [-0.05, 0) is 12.1 Å². The minimum absolute atomic E-state index is 0.375. The minimum atomic E-state index is 0.375. The standard InChI is InChI=1S/C8H6ClN3/c9-4-6-5-11-7-2-1-3-10-8(7)12-6/h1-3,5H,4H2. The number of halogens is 1. The van der Waals surface area contributed by atoms with E-state index in [2.05, 4.69) is 15.0 Å². The van der Waals surface area contributed by atoms with Crippen molar-refractivity contribution in [3.05, 3.63) is 30.2 Å². The number of hydrogen-bond donors (Lipinski definition) is 0. The maximum Gasteiger partial charge on any atom is 0.178 e. The van der Waals surface area contributed by atoms with Crippen molar-refractivity contribution in [3.63, 3.8) is 0 Å². The Kier molecular flexibility index (Phi) is 1.87. The van der Waals surface area contributed by atoms with E-state index in [1.807, 2.05) is 12.1 Å². The van der Waals surface area contributed by atoms with Gasteiger partial charge in [0, 0.05) is 6.20 Å². The number of alkyl halides is 1. The van der Waals surface area contributed by atoms with Crippen LogP contribution >= 0.6 is 11.6 Å². The molecule has 0 amide bonds. The Labute approximate surface area is 74.4 Å². The minimum Gasteiger partial charge on any atom is -0.251 e. The van der Waals surface area contributed by atoms with Gasteiger partial charge >= 0.3 is 0 Å². The SMILES string of the molecule is ClCc1cnc2cccnc2n1. The van der Waals surface area contributed by atoms with Crippen molar-refractivity contribution in [2.24, 2.45) is 0 Å². The molecule has 60 valence electrons. The van der Waals surface area contributed by atoms with Gasteiger partial charge in [-0.15, -0.1) is 11.6 Å². The van der Waals surface area contributed by atoms with E-state index in [1.165, 1.54) is 0 Å². The fourth-order valence-corrected chi connectivity index (χ4v) is 1.08. The molecule has 12 heavy (non-hydrogen) atoms. The lowest BCUT2D eigenvalue weighted by atomic mass is 10.4. The van der Waals surface area contributed by atoms with Gasteiger partial charge in [0.05, 0.1) is 17.8 Å². The van der Waals surface area contributed by atoms with E-state index in [1.54, 1.807) is 12.4 Å². The van der Waals surface area contributed by atoms with Gasteiger partial charge < -0.3 is 0 Å². The number of aromatic nitrogens is 3. The smallest absolute Gasteiger partial charge is 0.178 e. The van der Waals surface area contributed by atoms with Gasteiger partial charge in [-0.25, -0.2) is 9.97 Å². The average Bonchev–Trinajstić information content (AvgIpc) is 2.17. The van der Waals surface area contributed by atoms with Crippen molar-refractivity contribution in [2.45, 2.75) is 5.88 Å². The van der Waals surface area contributed by atoms with E-state index in [4.69, 9.17) is 11.6 Å². The van der Waals surface area contributed by atoms with Gasteiger partial charge in [0.25, 0.3) is 0 Å². The van der Waals surface area contributed by atoms with E-state index in [-0.39, 0.29) is 0 Å². The van der Waals surface area contributed by atoms with Crippen LogP contribution in [0, 0.1) is 0 Å². The molecule has 0 saturated heterocycles. The lowest BCUT2D eigenvalue weighted by Crippen LogP contribution is -1.91. The van der Waals surface area contributed by atoms with Crippen molar-refractivity contribution in [1.82, 2.24) is 15.0 Å². The first-order valence-corrected chi connectivity index (χ1v) is 4.06. The number of rotatable bonds is 1. The summed E-state index contributed by atoms with van der Waals surface area (Å²) in [7, 11) is 0. The lowest BCUT2D eigenvalue weighted by Gasteiger charge is -1.96. The molecule has 0 saturated carbocycles. The Bertz CT molecular complexity index is 402. The number of hydrogen-bond acceptors (Lipinski definition) is 3. The van der Waals surface area contributed by atoms with Crippen molar-refractivity contribution in [3.8, 4) is 0 Å². The van der Waals surface area contributed by atoms with Gasteiger partial charge in [0.2, 0.25) is 0 Å². The molecule has 0 radical (unpaired) electrons. The number of fused-ring (bicyclic) bond motifs is 1. The summed E-state index contributed by atoms with van der Waals surface area (Å²) < 4.78 is 0. The van der Waals surface area contributed by atoms with E-state index >= 15 is 0 Å². The molecule has 4 heteroatoms. The molecular formula is C8H6ClN3. The Hall–Kier alpha value is -1.22. The lowest BCUT2D eigenvalue weighted by molar-refractivity contribution is 1.12. The van der Waals surface area contributed by atoms with Crippen molar-refractivity contribution >= 4 is 22.8 Å². The molecule has 0 unspecified atom stereocenters. The zero-order chi connectivity index (χ0) is 8.39. The topological polar surface area (TPSA) is 38.7 Å². The average molecular weight is 180 g/mol. The Morgan fingerprint density at radius 3 is 3.08 bits per heavy atom. The molecule has 0 bridgehead atoms. The van der Waals surface area contributed by atoms with Crippen LogP contribution in [0.5, 0.6) is 0 Å². The van der Waals surface area contributed by atoms with Crippen molar-refractivity contribution in [1.29, 1.82) is 0 Å². The Balaban J connectivity index is 2.67. The van der Waals surface area contributed by atoms with Gasteiger partial charge in [-0.2, -0.15) is 0 Å². The highest BCUT2D eigenvalue weighted by atomic mass is 35.5. The molecule has 2 rings (SSSR count). The maximum atomic E-state index is 5.60. The summed E-state index contributed by atoms with van der Waals surface area (Å²) in [6, 6.07) is 3.70. The molecule has 0 aliphatic heterocycles. The Morgan fingerprint density at radius 1 is 1.33 bits per heavy atom. The second-order valence-electron chi connectivity index (χ2n) is 2.34. The van der Waals surface area contributed by atoms with E-state index in [0.29, 0.717) is 11.5 Å². The number of pyridine rings is 1. The summed E-state index contributed by atoms with van der Waals surface area (Å²) in [4.78, 5) is 12.4. The molecule has 0 fully saturated rings. The first-order chi connectivity index (χ1) is 5.90. The van der Waals surface area contributed by atoms with Crippen LogP contribution in [0.3, 0.4) is 0 Å². The van der Waals surface area contributed by atoms with Crippen LogP contribution in [0.25, 0.3) is 11.2 Å². The highest BCUT2D eigenvalue weighted by molar-refractivity contribution is 6.16. The predicted octanol–water partition coefficient (Wildman–Crippen LogP) is 1.76. The third kappa shape index (κ3) is 1.23. The van der Waals surface area contributed by atoms with Crippen LogP contribution in [0.1, 0.15) is 5.69 Å². The second kappa shape index (κ2) is 3.03. The Morgan fingerprint density at radius 2 is 2.25 bits per heavy atom. The summed E-state index contributed by atoms with van der Waals surface area (Å²) in [5.41, 5.74) is 2.20. The molecule has 2 heterocycles. The maximum absolute atomic E-state index is 5.60. The summed E-state index contributed by atoms with van der Waals surface area (Å²) in [6.45, 7) is 0. The largest absolute Gasteiger partial charge is 0.251 e. The predicted molar refractivity (Wildman–Crippen MR) is 46.9 cm³/mol. The molecule has 0 N–H and O–H groups in total. The van der Waals surface area contributed by atoms with Crippen molar-refractivity contribution in [2.75, 3.05) is 0 Å².